The van der Waals surface area contributed by atoms with Crippen LogP contribution in [0.2, 0.25) is 0 Å². The summed E-state index contributed by atoms with van der Waals surface area (Å²) in [5.41, 5.74) is 5.95. The lowest BCUT2D eigenvalue weighted by Crippen LogP contribution is -2.38. The Labute approximate surface area is 270 Å². The Morgan fingerprint density at radius 3 is 2.31 bits per heavy atom. The van der Waals surface area contributed by atoms with Gasteiger partial charge in [0.15, 0.2) is 6.29 Å². The summed E-state index contributed by atoms with van der Waals surface area (Å²) in [5.74, 6) is 1.49. The number of carbonyl (C=O) groups excluding carboxylic acids is 2. The second-order valence-electron chi connectivity index (χ2n) is 11.5. The number of unbranched alkanes of at least 4 members (excludes halogenated alkanes) is 2. The summed E-state index contributed by atoms with van der Waals surface area (Å²) < 4.78 is 13.1. The summed E-state index contributed by atoms with van der Waals surface area (Å²) in [4.78, 5) is 23.4. The van der Waals surface area contributed by atoms with Crippen molar-refractivity contribution in [1.82, 2.24) is 10.6 Å². The molecule has 0 bridgehead atoms. The predicted octanol–water partition coefficient (Wildman–Crippen LogP) is 5.68. The van der Waals surface area contributed by atoms with Gasteiger partial charge in [0.05, 0.1) is 25.4 Å². The van der Waals surface area contributed by atoms with E-state index < -0.39 is 6.29 Å². The zero-order valence-corrected chi connectivity index (χ0v) is 27.1. The minimum absolute atomic E-state index is 0.00249. The van der Waals surface area contributed by atoms with Gasteiger partial charge in [0, 0.05) is 49.4 Å². The van der Waals surface area contributed by atoms with Crippen molar-refractivity contribution in [3.8, 4) is 11.1 Å². The molecule has 45 heavy (non-hydrogen) atoms. The zero-order valence-electron chi connectivity index (χ0n) is 26.2. The van der Waals surface area contributed by atoms with E-state index in [0.717, 1.165) is 58.4 Å². The van der Waals surface area contributed by atoms with Crippen LogP contribution in [0, 0.1) is 5.92 Å². The van der Waals surface area contributed by atoms with Crippen molar-refractivity contribution in [3.63, 3.8) is 0 Å². The Balaban J connectivity index is 1.41. The number of nitrogens with one attached hydrogen (secondary N) is 2. The first-order chi connectivity index (χ1) is 21.9. The number of amides is 2. The second kappa shape index (κ2) is 18.1. The molecule has 1 aliphatic heterocycles. The summed E-state index contributed by atoms with van der Waals surface area (Å²) in [6.07, 6.45) is 2.20. The number of aliphatic hydroxyl groups excluding tert-OH is 2. The van der Waals surface area contributed by atoms with Crippen molar-refractivity contribution in [3.05, 3.63) is 95.1 Å². The number of ether oxygens (including phenoxy) is 2. The highest BCUT2D eigenvalue weighted by Gasteiger charge is 2.38. The molecule has 0 aliphatic carbocycles. The van der Waals surface area contributed by atoms with Crippen LogP contribution in [0.15, 0.2) is 72.8 Å². The maximum atomic E-state index is 12.5. The van der Waals surface area contributed by atoms with Gasteiger partial charge >= 0.3 is 0 Å². The average molecular weight is 635 g/mol. The molecule has 4 N–H and O–H groups in total. The summed E-state index contributed by atoms with van der Waals surface area (Å²) in [6.45, 7) is 4.86. The minimum Gasteiger partial charge on any atom is -0.396 e. The maximum absolute atomic E-state index is 12.5. The molecule has 0 aromatic heterocycles. The molecule has 3 aromatic rings. The fourth-order valence-corrected chi connectivity index (χ4v) is 6.39. The van der Waals surface area contributed by atoms with E-state index >= 15 is 0 Å². The summed E-state index contributed by atoms with van der Waals surface area (Å²) in [6, 6.07) is 24.2. The standard InChI is InChI=1S/C36H46N2O6S/c1-25-33(24-45-21-20-39)43-36(44-35(25)29-13-11-27(23-40)12-14-29)30-17-15-28(16-18-30)32-9-6-5-8-31(32)22-38-34(42)10-4-3-7-19-37-26(2)41/h5-6,8-9,11-18,25,33,35-36,39-40H,3-4,7,10,19-24H2,1-2H3,(H,37,41)(H,38,42)/t25-,33+,35+,36+/m1/s1. The number of aliphatic hydroxyl groups is 2. The SMILES string of the molecule is CC(=O)NCCCCCC(=O)NCc1ccccc1-c1ccc([C@H]2O[C@@H](CSCCO)[C@@H](C)[C@@H](c3ccc(CO)cc3)O2)cc1. The molecule has 3 aromatic carbocycles. The second-order valence-corrected chi connectivity index (χ2v) is 12.6. The van der Waals surface area contributed by atoms with Gasteiger partial charge in [0.2, 0.25) is 11.8 Å². The van der Waals surface area contributed by atoms with Gasteiger partial charge in [-0.25, -0.2) is 0 Å². The molecule has 0 saturated carbocycles. The average Bonchev–Trinajstić information content (AvgIpc) is 3.06. The van der Waals surface area contributed by atoms with Gasteiger partial charge in [-0.3, -0.25) is 9.59 Å². The number of carbonyl (C=O) groups is 2. The molecule has 242 valence electrons. The van der Waals surface area contributed by atoms with E-state index in [4.69, 9.17) is 9.47 Å². The Morgan fingerprint density at radius 1 is 0.867 bits per heavy atom. The van der Waals surface area contributed by atoms with Crippen LogP contribution in [0.4, 0.5) is 0 Å². The highest BCUT2D eigenvalue weighted by molar-refractivity contribution is 7.99. The van der Waals surface area contributed by atoms with E-state index in [1.54, 1.807) is 11.8 Å². The Hall–Kier alpha value is -3.21. The molecule has 2 amide bonds. The molecule has 1 fully saturated rings. The molecular formula is C36H46N2O6S. The molecular weight excluding hydrogens is 588 g/mol. The normalized spacial score (nSPS) is 19.6. The van der Waals surface area contributed by atoms with E-state index in [-0.39, 0.29) is 43.2 Å². The Bertz CT molecular complexity index is 1350. The van der Waals surface area contributed by atoms with Gasteiger partial charge in [-0.1, -0.05) is 86.1 Å². The lowest BCUT2D eigenvalue weighted by molar-refractivity contribution is -0.268. The maximum Gasteiger partial charge on any atom is 0.220 e. The lowest BCUT2D eigenvalue weighted by Gasteiger charge is -2.41. The number of rotatable bonds is 16. The summed E-state index contributed by atoms with van der Waals surface area (Å²) >= 11 is 1.67. The van der Waals surface area contributed by atoms with Crippen LogP contribution in [0.1, 0.15) is 74.2 Å². The molecule has 4 rings (SSSR count). The van der Waals surface area contributed by atoms with Crippen molar-refractivity contribution in [2.45, 2.75) is 71.2 Å². The number of hydrogen-bond donors (Lipinski definition) is 4. The van der Waals surface area contributed by atoms with Crippen molar-refractivity contribution in [1.29, 1.82) is 0 Å². The topological polar surface area (TPSA) is 117 Å². The van der Waals surface area contributed by atoms with E-state index in [2.05, 4.69) is 35.8 Å². The molecule has 1 aliphatic rings. The third-order valence-electron chi connectivity index (χ3n) is 8.08. The minimum atomic E-state index is -0.551. The summed E-state index contributed by atoms with van der Waals surface area (Å²) in [7, 11) is 0. The van der Waals surface area contributed by atoms with Gasteiger partial charge in [0.1, 0.15) is 0 Å². The third-order valence-corrected chi connectivity index (χ3v) is 9.12. The van der Waals surface area contributed by atoms with Crippen molar-refractivity contribution in [2.24, 2.45) is 5.92 Å². The van der Waals surface area contributed by atoms with E-state index in [0.29, 0.717) is 25.3 Å². The third kappa shape index (κ3) is 10.4. The van der Waals surface area contributed by atoms with Crippen molar-refractivity contribution in [2.75, 3.05) is 24.7 Å². The number of hydrogen-bond acceptors (Lipinski definition) is 7. The first-order valence-electron chi connectivity index (χ1n) is 15.8. The zero-order chi connectivity index (χ0) is 32.0. The van der Waals surface area contributed by atoms with Crippen LogP contribution in [-0.2, 0) is 32.2 Å². The fraction of sp³-hybridized carbons (Fsp3) is 0.444. The molecule has 0 radical (unpaired) electrons. The van der Waals surface area contributed by atoms with Crippen LogP contribution in [0.25, 0.3) is 11.1 Å². The fourth-order valence-electron chi connectivity index (χ4n) is 5.48. The van der Waals surface area contributed by atoms with Crippen LogP contribution in [0.3, 0.4) is 0 Å². The van der Waals surface area contributed by atoms with Crippen LogP contribution < -0.4 is 10.6 Å². The van der Waals surface area contributed by atoms with Crippen LogP contribution in [0.5, 0.6) is 0 Å². The van der Waals surface area contributed by atoms with Gasteiger partial charge < -0.3 is 30.3 Å². The molecule has 0 spiro atoms. The first-order valence-corrected chi connectivity index (χ1v) is 16.9. The smallest absolute Gasteiger partial charge is 0.220 e. The molecule has 0 unspecified atom stereocenters. The molecule has 1 saturated heterocycles. The predicted molar refractivity (Wildman–Crippen MR) is 178 cm³/mol. The molecule has 1 heterocycles. The van der Waals surface area contributed by atoms with E-state index in [9.17, 15) is 19.8 Å². The highest BCUT2D eigenvalue weighted by atomic mass is 32.2. The monoisotopic (exact) mass is 634 g/mol. The van der Waals surface area contributed by atoms with Gasteiger partial charge in [-0.2, -0.15) is 11.8 Å². The Kier molecular flexibility index (Phi) is 13.9. The van der Waals surface area contributed by atoms with Gasteiger partial charge in [-0.05, 0) is 40.7 Å². The van der Waals surface area contributed by atoms with E-state index in [1.165, 1.54) is 6.92 Å². The van der Waals surface area contributed by atoms with Crippen LogP contribution >= 0.6 is 11.8 Å². The van der Waals surface area contributed by atoms with Gasteiger partial charge in [-0.15, -0.1) is 0 Å². The number of thioether (sulfide) groups is 1. The summed E-state index contributed by atoms with van der Waals surface area (Å²) in [5, 5.41) is 24.6. The molecule has 4 atom stereocenters. The highest BCUT2D eigenvalue weighted by Crippen LogP contribution is 2.42. The van der Waals surface area contributed by atoms with Crippen molar-refractivity contribution >= 4 is 23.6 Å². The quantitative estimate of drug-likeness (QED) is 0.150. The van der Waals surface area contributed by atoms with Crippen molar-refractivity contribution < 1.29 is 29.3 Å². The lowest BCUT2D eigenvalue weighted by atomic mass is 9.91. The molecule has 8 nitrogen and oxygen atoms in total. The largest absolute Gasteiger partial charge is 0.396 e. The number of benzene rings is 3. The van der Waals surface area contributed by atoms with E-state index in [1.807, 2.05) is 54.6 Å². The van der Waals surface area contributed by atoms with Gasteiger partial charge in [0.25, 0.3) is 0 Å². The Morgan fingerprint density at radius 2 is 1.60 bits per heavy atom. The van der Waals surface area contributed by atoms with Crippen LogP contribution in [-0.4, -0.2) is 52.8 Å². The molecule has 9 heteroatoms. The first kappa shape index (κ1) is 34.7.